The Morgan fingerprint density at radius 1 is 0.718 bits per heavy atom. The maximum absolute atomic E-state index is 12.6. The molecule has 3 N–H and O–H groups in total. The van der Waals surface area contributed by atoms with Crippen LogP contribution < -0.4 is 25.8 Å². The van der Waals surface area contributed by atoms with Gasteiger partial charge in [0.15, 0.2) is 5.82 Å². The second kappa shape index (κ2) is 10.6. The van der Waals surface area contributed by atoms with Gasteiger partial charge < -0.3 is 29.9 Å². The minimum atomic E-state index is -0.489. The molecule has 200 valence electrons. The summed E-state index contributed by atoms with van der Waals surface area (Å²) in [7, 11) is 0. The summed E-state index contributed by atoms with van der Waals surface area (Å²) in [5.41, 5.74) is 2.24. The molecule has 3 aromatic rings. The first kappa shape index (κ1) is 24.7. The topological polar surface area (TPSA) is 151 Å². The molecule has 2 saturated heterocycles. The molecule has 0 bridgehead atoms. The molecule has 1 aromatic heterocycles. The van der Waals surface area contributed by atoms with E-state index in [9.17, 15) is 14.4 Å². The fraction of sp³-hybridized carbons (Fsp3) is 0.308. The first-order chi connectivity index (χ1) is 19.0. The Kier molecular flexibility index (Phi) is 6.73. The molecule has 39 heavy (non-hydrogen) atoms. The van der Waals surface area contributed by atoms with E-state index < -0.39 is 17.8 Å². The molecule has 0 unspecified atom stereocenters. The zero-order chi connectivity index (χ0) is 26.8. The Bertz CT molecular complexity index is 1380. The molecule has 2 aromatic carbocycles. The van der Waals surface area contributed by atoms with Crippen molar-refractivity contribution < 1.29 is 23.9 Å². The largest absolute Gasteiger partial charge is 0.378 e. The highest BCUT2D eigenvalue weighted by atomic mass is 16.5. The van der Waals surface area contributed by atoms with Crippen LogP contribution in [-0.2, 0) is 9.47 Å². The van der Waals surface area contributed by atoms with Crippen LogP contribution in [0.1, 0.15) is 20.7 Å². The van der Waals surface area contributed by atoms with Crippen LogP contribution in [0, 0.1) is 0 Å². The van der Waals surface area contributed by atoms with Crippen molar-refractivity contribution in [1.82, 2.24) is 20.3 Å². The van der Waals surface area contributed by atoms with Gasteiger partial charge in [-0.25, -0.2) is 4.79 Å². The van der Waals surface area contributed by atoms with E-state index in [1.54, 1.807) is 18.2 Å². The summed E-state index contributed by atoms with van der Waals surface area (Å²) >= 11 is 0. The van der Waals surface area contributed by atoms with E-state index in [0.717, 1.165) is 5.56 Å². The maximum atomic E-state index is 12.6. The van der Waals surface area contributed by atoms with Gasteiger partial charge in [0.05, 0.1) is 37.6 Å². The number of carbonyl (C=O) groups is 3. The van der Waals surface area contributed by atoms with Crippen molar-refractivity contribution in [3.63, 3.8) is 0 Å². The molecule has 2 fully saturated rings. The highest BCUT2D eigenvalue weighted by molar-refractivity contribution is 6.22. The summed E-state index contributed by atoms with van der Waals surface area (Å²) in [6, 6.07) is 11.2. The normalized spacial score (nSPS) is 17.0. The number of rotatable bonds is 5. The molecule has 4 amide bonds. The molecule has 0 aliphatic carbocycles. The van der Waals surface area contributed by atoms with Crippen molar-refractivity contribution in [1.29, 1.82) is 0 Å². The van der Waals surface area contributed by atoms with Crippen LogP contribution in [0.5, 0.6) is 0 Å². The van der Waals surface area contributed by atoms with Crippen LogP contribution in [0.2, 0.25) is 0 Å². The summed E-state index contributed by atoms with van der Waals surface area (Å²) in [6.07, 6.45) is 0. The predicted octanol–water partition coefficient (Wildman–Crippen LogP) is 1.74. The third kappa shape index (κ3) is 5.35. The Balaban J connectivity index is 1.18. The third-order valence-electron chi connectivity index (χ3n) is 6.59. The van der Waals surface area contributed by atoms with Crippen molar-refractivity contribution in [2.75, 3.05) is 73.0 Å². The van der Waals surface area contributed by atoms with Gasteiger partial charge in [-0.05, 0) is 42.5 Å². The van der Waals surface area contributed by atoms with Gasteiger partial charge in [0.1, 0.15) is 0 Å². The van der Waals surface area contributed by atoms with E-state index in [1.807, 2.05) is 12.1 Å². The smallest absolute Gasteiger partial charge is 0.323 e. The third-order valence-corrected chi connectivity index (χ3v) is 6.59. The Morgan fingerprint density at radius 2 is 1.26 bits per heavy atom. The minimum Gasteiger partial charge on any atom is -0.378 e. The lowest BCUT2D eigenvalue weighted by Gasteiger charge is -2.30. The van der Waals surface area contributed by atoms with Gasteiger partial charge in [0, 0.05) is 43.1 Å². The first-order valence-corrected chi connectivity index (χ1v) is 12.6. The second-order valence-electron chi connectivity index (χ2n) is 9.16. The predicted molar refractivity (Wildman–Crippen MR) is 142 cm³/mol. The molecule has 13 nitrogen and oxygen atoms in total. The number of imide groups is 1. The quantitative estimate of drug-likeness (QED) is 0.416. The van der Waals surface area contributed by atoms with Crippen molar-refractivity contribution in [2.24, 2.45) is 0 Å². The molecule has 4 heterocycles. The minimum absolute atomic E-state index is 0.229. The van der Waals surface area contributed by atoms with Gasteiger partial charge in [0.2, 0.25) is 11.9 Å². The van der Waals surface area contributed by atoms with Crippen molar-refractivity contribution in [2.45, 2.75) is 0 Å². The van der Waals surface area contributed by atoms with Crippen LogP contribution in [0.25, 0.3) is 11.4 Å². The van der Waals surface area contributed by atoms with Crippen LogP contribution in [0.4, 0.5) is 28.1 Å². The lowest BCUT2D eigenvalue weighted by Crippen LogP contribution is -2.40. The van der Waals surface area contributed by atoms with Gasteiger partial charge in [-0.3, -0.25) is 14.9 Å². The van der Waals surface area contributed by atoms with E-state index in [1.165, 1.54) is 12.1 Å². The van der Waals surface area contributed by atoms with E-state index >= 15 is 0 Å². The molecule has 0 spiro atoms. The summed E-state index contributed by atoms with van der Waals surface area (Å²) < 4.78 is 11.0. The van der Waals surface area contributed by atoms with E-state index in [2.05, 4.69) is 25.8 Å². The molecule has 13 heteroatoms. The average molecular weight is 531 g/mol. The molecular formula is C26H26N8O5. The van der Waals surface area contributed by atoms with Gasteiger partial charge in [-0.15, -0.1) is 0 Å². The zero-order valence-electron chi connectivity index (χ0n) is 21.0. The number of anilines is 4. The number of hydrogen-bond acceptors (Lipinski definition) is 10. The number of aromatic nitrogens is 3. The number of urea groups is 1. The fourth-order valence-corrected chi connectivity index (χ4v) is 4.53. The number of hydrogen-bond donors (Lipinski definition) is 3. The van der Waals surface area contributed by atoms with Crippen LogP contribution in [0.15, 0.2) is 42.5 Å². The van der Waals surface area contributed by atoms with Crippen molar-refractivity contribution in [3.8, 4) is 11.4 Å². The molecule has 3 aliphatic rings. The summed E-state index contributed by atoms with van der Waals surface area (Å²) in [6.45, 7) is 5.29. The number of morpholine rings is 2. The molecular weight excluding hydrogens is 504 g/mol. The number of ether oxygens (including phenoxy) is 2. The molecule has 0 atom stereocenters. The fourth-order valence-electron chi connectivity index (χ4n) is 4.53. The number of amides is 4. The first-order valence-electron chi connectivity index (χ1n) is 12.6. The summed E-state index contributed by atoms with van der Waals surface area (Å²) in [5.74, 6) is 0.821. The molecule has 3 aliphatic heterocycles. The number of carbonyl (C=O) groups excluding carboxylic acids is 3. The molecule has 6 rings (SSSR count). The number of nitrogens with one attached hydrogen (secondary N) is 3. The highest BCUT2D eigenvalue weighted by Gasteiger charge is 2.27. The summed E-state index contributed by atoms with van der Waals surface area (Å²) in [4.78, 5) is 54.6. The average Bonchev–Trinajstić information content (AvgIpc) is 3.26. The number of fused-ring (bicyclic) bond motifs is 1. The van der Waals surface area contributed by atoms with Crippen molar-refractivity contribution >= 4 is 41.1 Å². The number of benzene rings is 2. The lowest BCUT2D eigenvalue weighted by atomic mass is 10.1. The maximum Gasteiger partial charge on any atom is 0.323 e. The zero-order valence-corrected chi connectivity index (χ0v) is 21.0. The Labute approximate surface area is 223 Å². The van der Waals surface area contributed by atoms with Gasteiger partial charge in [-0.1, -0.05) is 0 Å². The standard InChI is InChI=1S/C26H26N8O5/c35-22-19-6-5-18(15-20(19)23(36)31-22)28-26(37)27-17-3-1-16(2-4-17)21-29-24(33-7-11-38-12-8-33)32-25(30-21)34-9-13-39-14-10-34/h1-6,15H,7-14H2,(H2,27,28,37)(H,31,35,36). The monoisotopic (exact) mass is 530 g/mol. The van der Waals surface area contributed by atoms with Gasteiger partial charge in [0.25, 0.3) is 11.8 Å². The van der Waals surface area contributed by atoms with Crippen LogP contribution in [-0.4, -0.2) is 85.4 Å². The Morgan fingerprint density at radius 3 is 1.87 bits per heavy atom. The van der Waals surface area contributed by atoms with E-state index in [-0.39, 0.29) is 11.1 Å². The van der Waals surface area contributed by atoms with E-state index in [0.29, 0.717) is 81.7 Å². The van der Waals surface area contributed by atoms with Gasteiger partial charge in [-0.2, -0.15) is 15.0 Å². The highest BCUT2D eigenvalue weighted by Crippen LogP contribution is 2.25. The Hall–Kier alpha value is -4.62. The summed E-state index contributed by atoms with van der Waals surface area (Å²) in [5, 5.41) is 7.68. The number of nitrogens with zero attached hydrogens (tertiary/aromatic N) is 5. The van der Waals surface area contributed by atoms with Crippen LogP contribution >= 0.6 is 0 Å². The lowest BCUT2D eigenvalue weighted by molar-refractivity contribution is 0.0879. The van der Waals surface area contributed by atoms with Crippen LogP contribution in [0.3, 0.4) is 0 Å². The second-order valence-corrected chi connectivity index (χ2v) is 9.16. The van der Waals surface area contributed by atoms with E-state index in [4.69, 9.17) is 24.4 Å². The SMILES string of the molecule is O=C(Nc1ccc(-c2nc(N3CCOCC3)nc(N3CCOCC3)n2)cc1)Nc1ccc2c(c1)C(=O)NC2=O. The molecule has 0 saturated carbocycles. The molecule has 0 radical (unpaired) electrons. The van der Waals surface area contributed by atoms with Crippen molar-refractivity contribution in [3.05, 3.63) is 53.6 Å². The van der Waals surface area contributed by atoms with Gasteiger partial charge >= 0.3 is 6.03 Å².